The number of ether oxygens (including phenoxy) is 3. The fourth-order valence-electron chi connectivity index (χ4n) is 3.25. The van der Waals surface area contributed by atoms with Gasteiger partial charge >= 0.3 is 6.61 Å². The molecule has 0 atom stereocenters. The van der Waals surface area contributed by atoms with Gasteiger partial charge < -0.3 is 14.2 Å². The van der Waals surface area contributed by atoms with Crippen LogP contribution < -0.4 is 19.3 Å². The number of hydrogen-bond acceptors (Lipinski definition) is 8. The van der Waals surface area contributed by atoms with E-state index in [1.807, 2.05) is 0 Å². The number of rotatable bonds is 7. The maximum atomic E-state index is 13.7. The predicted octanol–water partition coefficient (Wildman–Crippen LogP) is 2.66. The minimum absolute atomic E-state index is 0.0614. The molecule has 3 heterocycles. The molecule has 1 aromatic carbocycles. The molecule has 0 fully saturated rings. The maximum absolute atomic E-state index is 13.7. The van der Waals surface area contributed by atoms with Crippen LogP contribution in [0.1, 0.15) is 0 Å². The molecular formula is C18H14ClF3N6O5S. The molecule has 0 aliphatic heterocycles. The molecule has 0 amide bonds. The van der Waals surface area contributed by atoms with Crippen LogP contribution in [0, 0.1) is 5.95 Å². The van der Waals surface area contributed by atoms with Crippen LogP contribution in [0.25, 0.3) is 22.5 Å². The first-order chi connectivity index (χ1) is 16.0. The Hall–Kier alpha value is -3.56. The molecule has 0 saturated heterocycles. The van der Waals surface area contributed by atoms with Crippen LogP contribution >= 0.6 is 11.6 Å². The van der Waals surface area contributed by atoms with Gasteiger partial charge in [-0.2, -0.15) is 23.1 Å². The second-order valence-electron chi connectivity index (χ2n) is 6.53. The van der Waals surface area contributed by atoms with Crippen molar-refractivity contribution in [3.05, 3.63) is 41.6 Å². The van der Waals surface area contributed by atoms with E-state index in [0.29, 0.717) is 0 Å². The molecule has 0 aliphatic rings. The molecule has 4 rings (SSSR count). The van der Waals surface area contributed by atoms with Crippen LogP contribution in [0.3, 0.4) is 0 Å². The van der Waals surface area contributed by atoms with E-state index in [-0.39, 0.29) is 32.5 Å². The third-order valence-electron chi connectivity index (χ3n) is 4.55. The topological polar surface area (TPSA) is 136 Å². The lowest BCUT2D eigenvalue weighted by Gasteiger charge is -2.15. The third kappa shape index (κ3) is 4.08. The van der Waals surface area contributed by atoms with Crippen molar-refractivity contribution in [2.75, 3.05) is 14.2 Å². The SMILES string of the molecule is COc1nc(-n2cc(S(N)(=O)=O)c3ccc(Cl)c(-n4ccc(F)n4)c32)nc(OC)c1OC(F)F. The van der Waals surface area contributed by atoms with Crippen molar-refractivity contribution in [2.24, 2.45) is 5.14 Å². The summed E-state index contributed by atoms with van der Waals surface area (Å²) in [6, 6.07) is 3.81. The van der Waals surface area contributed by atoms with Gasteiger partial charge in [0.1, 0.15) is 10.6 Å². The molecule has 0 unspecified atom stereocenters. The Labute approximate surface area is 194 Å². The van der Waals surface area contributed by atoms with Crippen molar-refractivity contribution in [1.29, 1.82) is 0 Å². The summed E-state index contributed by atoms with van der Waals surface area (Å²) >= 11 is 6.36. The Bertz CT molecular complexity index is 1480. The fourth-order valence-corrected chi connectivity index (χ4v) is 4.21. The molecular weight excluding hydrogens is 505 g/mol. The van der Waals surface area contributed by atoms with E-state index in [0.717, 1.165) is 35.7 Å². The van der Waals surface area contributed by atoms with E-state index in [4.69, 9.17) is 26.2 Å². The van der Waals surface area contributed by atoms with E-state index >= 15 is 0 Å². The van der Waals surface area contributed by atoms with Crippen molar-refractivity contribution in [3.63, 3.8) is 0 Å². The maximum Gasteiger partial charge on any atom is 0.387 e. The molecule has 0 radical (unpaired) electrons. The Balaban J connectivity index is 2.12. The highest BCUT2D eigenvalue weighted by atomic mass is 35.5. The molecule has 16 heteroatoms. The van der Waals surface area contributed by atoms with Crippen LogP contribution in [0.2, 0.25) is 5.02 Å². The van der Waals surface area contributed by atoms with E-state index in [1.54, 1.807) is 0 Å². The molecule has 4 aromatic rings. The summed E-state index contributed by atoms with van der Waals surface area (Å²) in [6.07, 6.45) is 2.34. The van der Waals surface area contributed by atoms with Crippen LogP contribution in [-0.2, 0) is 10.0 Å². The quantitative estimate of drug-likeness (QED) is 0.394. The third-order valence-corrected chi connectivity index (χ3v) is 5.79. The van der Waals surface area contributed by atoms with Crippen LogP contribution in [0.5, 0.6) is 17.5 Å². The standard InChI is InChI=1S/C18H14ClF3N6O5S/c1-31-15-14(33-17(21)22)16(32-2)25-18(24-15)27-7-10(34(23,29)30)8-3-4-9(19)13(12(8)27)28-6-5-11(20)26-28/h3-7,17H,1-2H3,(H2,23,29,30). The second-order valence-corrected chi connectivity index (χ2v) is 8.47. The molecule has 0 saturated carbocycles. The van der Waals surface area contributed by atoms with Gasteiger partial charge in [0.2, 0.25) is 27.7 Å². The summed E-state index contributed by atoms with van der Waals surface area (Å²) < 4.78 is 80.7. The molecule has 0 bridgehead atoms. The molecule has 180 valence electrons. The molecule has 0 aliphatic carbocycles. The van der Waals surface area contributed by atoms with Gasteiger partial charge in [0, 0.05) is 23.8 Å². The fraction of sp³-hybridized carbons (Fsp3) is 0.167. The van der Waals surface area contributed by atoms with Gasteiger partial charge in [-0.1, -0.05) is 11.6 Å². The van der Waals surface area contributed by atoms with Gasteiger partial charge in [-0.3, -0.25) is 4.57 Å². The Morgan fingerprint density at radius 3 is 2.26 bits per heavy atom. The normalized spacial score (nSPS) is 11.9. The zero-order valence-electron chi connectivity index (χ0n) is 17.2. The van der Waals surface area contributed by atoms with Crippen molar-refractivity contribution >= 4 is 32.5 Å². The highest BCUT2D eigenvalue weighted by molar-refractivity contribution is 7.89. The number of halogens is 4. The summed E-state index contributed by atoms with van der Waals surface area (Å²) in [7, 11) is -2.01. The number of fused-ring (bicyclic) bond motifs is 1. The first-order valence-electron chi connectivity index (χ1n) is 9.08. The number of sulfonamides is 1. The smallest absolute Gasteiger partial charge is 0.387 e. The van der Waals surface area contributed by atoms with E-state index in [9.17, 15) is 21.6 Å². The minimum atomic E-state index is -4.29. The van der Waals surface area contributed by atoms with Crippen molar-refractivity contribution in [3.8, 4) is 29.1 Å². The van der Waals surface area contributed by atoms with Gasteiger partial charge in [0.25, 0.3) is 11.8 Å². The highest BCUT2D eigenvalue weighted by Gasteiger charge is 2.27. The Morgan fingerprint density at radius 1 is 1.12 bits per heavy atom. The zero-order valence-corrected chi connectivity index (χ0v) is 18.8. The number of nitrogens with zero attached hydrogens (tertiary/aromatic N) is 5. The first kappa shape index (κ1) is 23.6. The number of methoxy groups -OCH3 is 2. The lowest BCUT2D eigenvalue weighted by Crippen LogP contribution is -2.12. The van der Waals surface area contributed by atoms with Gasteiger partial charge in [0.15, 0.2) is 0 Å². The van der Waals surface area contributed by atoms with Gasteiger partial charge in [0.05, 0.1) is 24.8 Å². The van der Waals surface area contributed by atoms with Crippen LogP contribution in [-0.4, -0.2) is 53.6 Å². The number of primary sulfonamides is 1. The highest BCUT2D eigenvalue weighted by Crippen LogP contribution is 2.39. The average molecular weight is 519 g/mol. The lowest BCUT2D eigenvalue weighted by molar-refractivity contribution is -0.0534. The van der Waals surface area contributed by atoms with E-state index in [2.05, 4.69) is 19.8 Å². The summed E-state index contributed by atoms with van der Waals surface area (Å²) in [6.45, 7) is -3.24. The monoisotopic (exact) mass is 518 g/mol. The van der Waals surface area contributed by atoms with Crippen LogP contribution in [0.15, 0.2) is 35.5 Å². The summed E-state index contributed by atoms with van der Waals surface area (Å²) in [4.78, 5) is 7.75. The van der Waals surface area contributed by atoms with Crippen molar-refractivity contribution < 1.29 is 35.8 Å². The van der Waals surface area contributed by atoms with Crippen molar-refractivity contribution in [2.45, 2.75) is 11.5 Å². The lowest BCUT2D eigenvalue weighted by atomic mass is 10.2. The van der Waals surface area contributed by atoms with E-state index < -0.39 is 40.1 Å². The number of aromatic nitrogens is 5. The number of alkyl halides is 2. The molecule has 34 heavy (non-hydrogen) atoms. The minimum Gasteiger partial charge on any atom is -0.478 e. The van der Waals surface area contributed by atoms with Gasteiger partial charge in [-0.15, -0.1) is 5.10 Å². The summed E-state index contributed by atoms with van der Waals surface area (Å²) in [5.74, 6) is -2.57. The van der Waals surface area contributed by atoms with Crippen molar-refractivity contribution in [1.82, 2.24) is 24.3 Å². The van der Waals surface area contributed by atoms with Crippen LogP contribution in [0.4, 0.5) is 13.2 Å². The summed E-state index contributed by atoms with van der Waals surface area (Å²) in [5.41, 5.74) is 0.124. The van der Waals surface area contributed by atoms with E-state index in [1.165, 1.54) is 18.3 Å². The van der Waals surface area contributed by atoms with Gasteiger partial charge in [-0.25, -0.2) is 18.2 Å². The zero-order chi connectivity index (χ0) is 24.8. The molecule has 2 N–H and O–H groups in total. The Morgan fingerprint density at radius 2 is 1.76 bits per heavy atom. The Kier molecular flexibility index (Phi) is 6.01. The number of benzene rings is 1. The summed E-state index contributed by atoms with van der Waals surface area (Å²) in [5, 5.41) is 9.22. The first-order valence-corrected chi connectivity index (χ1v) is 11.0. The second kappa shape index (κ2) is 8.66. The largest absolute Gasteiger partial charge is 0.478 e. The number of nitrogens with two attached hydrogens (primary N) is 1. The molecule has 0 spiro atoms. The number of hydrogen-bond donors (Lipinski definition) is 1. The molecule has 11 nitrogen and oxygen atoms in total. The predicted molar refractivity (Wildman–Crippen MR) is 112 cm³/mol. The van der Waals surface area contributed by atoms with Gasteiger partial charge in [-0.05, 0) is 12.1 Å². The average Bonchev–Trinajstić information content (AvgIpc) is 3.37. The molecule has 3 aromatic heterocycles.